The Hall–Kier alpha value is -4.91. The fourth-order valence-electron chi connectivity index (χ4n) is 3.85. The van der Waals surface area contributed by atoms with Crippen LogP contribution in [0, 0.1) is 6.92 Å². The number of rotatable bonds is 10. The maximum atomic E-state index is 12.5. The third kappa shape index (κ3) is 8.06. The van der Waals surface area contributed by atoms with Crippen LogP contribution in [0.2, 0.25) is 0 Å². The van der Waals surface area contributed by atoms with Crippen LogP contribution in [0.15, 0.2) is 103 Å². The summed E-state index contributed by atoms with van der Waals surface area (Å²) in [5.74, 6) is -0.490. The van der Waals surface area contributed by atoms with Crippen LogP contribution in [0.25, 0.3) is 0 Å². The zero-order valence-electron chi connectivity index (χ0n) is 21.2. The standard InChI is InChI=1S/C31H30N4O3/c1-22-7-5-10-24(19-22)31(38)35-26-16-14-25(15-17-26)32-21-30(37)34-28-12-6-11-27(20-28)33-29(36)18-13-23-8-3-2-4-9-23/h2-12,14-17,19-20,32H,13,18,21H2,1H3,(H,33,36)(H,34,37)(H,35,38). The molecule has 7 nitrogen and oxygen atoms in total. The van der Waals surface area contributed by atoms with E-state index in [9.17, 15) is 14.4 Å². The van der Waals surface area contributed by atoms with Crippen molar-refractivity contribution in [1.29, 1.82) is 0 Å². The molecule has 4 aromatic rings. The van der Waals surface area contributed by atoms with E-state index in [2.05, 4.69) is 21.3 Å². The van der Waals surface area contributed by atoms with Crippen molar-refractivity contribution >= 4 is 40.5 Å². The first kappa shape index (κ1) is 26.2. The first-order valence-corrected chi connectivity index (χ1v) is 12.4. The first-order chi connectivity index (χ1) is 18.4. The van der Waals surface area contributed by atoms with E-state index < -0.39 is 0 Å². The lowest BCUT2D eigenvalue weighted by Crippen LogP contribution is -2.22. The summed E-state index contributed by atoms with van der Waals surface area (Å²) < 4.78 is 0. The number of hydrogen-bond donors (Lipinski definition) is 4. The van der Waals surface area contributed by atoms with Gasteiger partial charge in [0.15, 0.2) is 0 Å². The summed E-state index contributed by atoms with van der Waals surface area (Å²) in [5, 5.41) is 11.7. The van der Waals surface area contributed by atoms with Gasteiger partial charge in [0.2, 0.25) is 11.8 Å². The molecule has 0 aliphatic rings. The fourth-order valence-corrected chi connectivity index (χ4v) is 3.85. The van der Waals surface area contributed by atoms with E-state index in [1.807, 2.05) is 55.5 Å². The largest absolute Gasteiger partial charge is 0.376 e. The molecule has 0 heterocycles. The zero-order valence-corrected chi connectivity index (χ0v) is 21.2. The highest BCUT2D eigenvalue weighted by molar-refractivity contribution is 6.04. The fraction of sp³-hybridized carbons (Fsp3) is 0.129. The molecule has 0 saturated heterocycles. The Balaban J connectivity index is 1.22. The summed E-state index contributed by atoms with van der Waals surface area (Å²) in [6.45, 7) is 2.00. The summed E-state index contributed by atoms with van der Waals surface area (Å²) in [7, 11) is 0. The molecular formula is C31H30N4O3. The minimum absolute atomic E-state index is 0.0582. The second-order valence-electron chi connectivity index (χ2n) is 8.92. The molecule has 0 radical (unpaired) electrons. The molecule has 4 N–H and O–H groups in total. The lowest BCUT2D eigenvalue weighted by atomic mass is 10.1. The lowest BCUT2D eigenvalue weighted by molar-refractivity contribution is -0.116. The maximum absolute atomic E-state index is 12.5. The van der Waals surface area contributed by atoms with Gasteiger partial charge in [0.25, 0.3) is 5.91 Å². The van der Waals surface area contributed by atoms with Gasteiger partial charge in [0.05, 0.1) is 6.54 Å². The Morgan fingerprint density at radius 1 is 0.605 bits per heavy atom. The molecule has 3 amide bonds. The van der Waals surface area contributed by atoms with E-state index >= 15 is 0 Å². The van der Waals surface area contributed by atoms with Gasteiger partial charge in [-0.15, -0.1) is 0 Å². The first-order valence-electron chi connectivity index (χ1n) is 12.4. The molecule has 0 unspecified atom stereocenters. The van der Waals surface area contributed by atoms with Crippen molar-refractivity contribution in [1.82, 2.24) is 0 Å². The smallest absolute Gasteiger partial charge is 0.255 e. The molecule has 192 valence electrons. The van der Waals surface area contributed by atoms with Crippen LogP contribution in [-0.4, -0.2) is 24.3 Å². The number of benzene rings is 4. The van der Waals surface area contributed by atoms with Crippen molar-refractivity contribution in [3.05, 3.63) is 120 Å². The summed E-state index contributed by atoms with van der Waals surface area (Å²) >= 11 is 0. The van der Waals surface area contributed by atoms with Crippen LogP contribution in [0.5, 0.6) is 0 Å². The molecule has 0 aliphatic carbocycles. The van der Waals surface area contributed by atoms with Gasteiger partial charge in [0, 0.05) is 34.7 Å². The minimum Gasteiger partial charge on any atom is -0.376 e. The summed E-state index contributed by atoms with van der Waals surface area (Å²) in [6, 6.07) is 31.4. The number of nitrogens with one attached hydrogen (secondary N) is 4. The Morgan fingerprint density at radius 3 is 1.97 bits per heavy atom. The average Bonchev–Trinajstić information content (AvgIpc) is 2.92. The summed E-state index contributed by atoms with van der Waals surface area (Å²) in [6.07, 6.45) is 1.04. The highest BCUT2D eigenvalue weighted by Gasteiger charge is 2.08. The van der Waals surface area contributed by atoms with E-state index in [1.54, 1.807) is 54.6 Å². The predicted molar refractivity (Wildman–Crippen MR) is 153 cm³/mol. The van der Waals surface area contributed by atoms with Crippen LogP contribution in [0.1, 0.15) is 27.9 Å². The van der Waals surface area contributed by atoms with Crippen molar-refractivity contribution in [2.24, 2.45) is 0 Å². The molecular weight excluding hydrogens is 476 g/mol. The molecule has 0 spiro atoms. The Kier molecular flexibility index (Phi) is 8.86. The number of aryl methyl sites for hydroxylation is 2. The maximum Gasteiger partial charge on any atom is 0.255 e. The molecule has 0 aromatic heterocycles. The van der Waals surface area contributed by atoms with Gasteiger partial charge in [-0.25, -0.2) is 0 Å². The van der Waals surface area contributed by atoms with Crippen LogP contribution in [0.4, 0.5) is 22.7 Å². The van der Waals surface area contributed by atoms with Crippen molar-refractivity contribution in [2.75, 3.05) is 27.8 Å². The molecule has 38 heavy (non-hydrogen) atoms. The molecule has 0 saturated carbocycles. The normalized spacial score (nSPS) is 10.3. The van der Waals surface area contributed by atoms with E-state index in [0.29, 0.717) is 35.5 Å². The van der Waals surface area contributed by atoms with Gasteiger partial charge in [-0.3, -0.25) is 14.4 Å². The number of carbonyl (C=O) groups is 3. The molecule has 7 heteroatoms. The predicted octanol–water partition coefficient (Wildman–Crippen LogP) is 5.87. The molecule has 0 fully saturated rings. The van der Waals surface area contributed by atoms with Gasteiger partial charge in [0.1, 0.15) is 0 Å². The van der Waals surface area contributed by atoms with Gasteiger partial charge in [-0.2, -0.15) is 0 Å². The molecule has 4 aromatic carbocycles. The third-order valence-electron chi connectivity index (χ3n) is 5.79. The number of amides is 3. The Labute approximate surface area is 222 Å². The highest BCUT2D eigenvalue weighted by atomic mass is 16.2. The lowest BCUT2D eigenvalue weighted by Gasteiger charge is -2.11. The number of hydrogen-bond acceptors (Lipinski definition) is 4. The van der Waals surface area contributed by atoms with E-state index in [0.717, 1.165) is 16.8 Å². The SMILES string of the molecule is Cc1cccc(C(=O)Nc2ccc(NCC(=O)Nc3cccc(NC(=O)CCc4ccccc4)c3)cc2)c1. The monoisotopic (exact) mass is 506 g/mol. The van der Waals surface area contributed by atoms with Crippen LogP contribution in [0.3, 0.4) is 0 Å². The van der Waals surface area contributed by atoms with Gasteiger partial charge >= 0.3 is 0 Å². The Morgan fingerprint density at radius 2 is 1.26 bits per heavy atom. The van der Waals surface area contributed by atoms with Crippen molar-refractivity contribution in [3.63, 3.8) is 0 Å². The van der Waals surface area contributed by atoms with Crippen LogP contribution < -0.4 is 21.3 Å². The molecule has 0 aliphatic heterocycles. The number of anilines is 4. The number of carbonyl (C=O) groups excluding carboxylic acids is 3. The van der Waals surface area contributed by atoms with Crippen molar-refractivity contribution in [3.8, 4) is 0 Å². The molecule has 4 rings (SSSR count). The van der Waals surface area contributed by atoms with E-state index in [4.69, 9.17) is 0 Å². The summed E-state index contributed by atoms with van der Waals surface area (Å²) in [4.78, 5) is 37.2. The minimum atomic E-state index is -0.227. The van der Waals surface area contributed by atoms with Crippen LogP contribution >= 0.6 is 0 Å². The van der Waals surface area contributed by atoms with Gasteiger partial charge in [-0.1, -0.05) is 54.1 Å². The van der Waals surface area contributed by atoms with Gasteiger partial charge in [-0.05, 0) is 73.5 Å². The summed E-state index contributed by atoms with van der Waals surface area (Å²) in [5.41, 5.74) is 5.34. The zero-order chi connectivity index (χ0) is 26.7. The van der Waals surface area contributed by atoms with Crippen molar-refractivity contribution < 1.29 is 14.4 Å². The van der Waals surface area contributed by atoms with Crippen LogP contribution in [-0.2, 0) is 16.0 Å². The second-order valence-corrected chi connectivity index (χ2v) is 8.92. The third-order valence-corrected chi connectivity index (χ3v) is 5.79. The second kappa shape index (κ2) is 12.9. The van der Waals surface area contributed by atoms with E-state index in [1.165, 1.54) is 0 Å². The quantitative estimate of drug-likeness (QED) is 0.216. The molecule has 0 atom stereocenters. The van der Waals surface area contributed by atoms with Gasteiger partial charge < -0.3 is 21.3 Å². The van der Waals surface area contributed by atoms with Crippen molar-refractivity contribution in [2.45, 2.75) is 19.8 Å². The molecule has 0 bridgehead atoms. The highest BCUT2D eigenvalue weighted by Crippen LogP contribution is 2.17. The average molecular weight is 507 g/mol. The topological polar surface area (TPSA) is 99.3 Å². The van der Waals surface area contributed by atoms with E-state index in [-0.39, 0.29) is 24.3 Å². The Bertz CT molecular complexity index is 1400.